The largest absolute Gasteiger partial charge is 0.335 e. The summed E-state index contributed by atoms with van der Waals surface area (Å²) in [5.74, 6) is 1.65. The van der Waals surface area contributed by atoms with Gasteiger partial charge in [-0.05, 0) is 52.8 Å². The molecule has 2 aliphatic rings. The average Bonchev–Trinajstić information content (AvgIpc) is 3.35. The van der Waals surface area contributed by atoms with Crippen LogP contribution in [0.2, 0.25) is 0 Å². The van der Waals surface area contributed by atoms with E-state index in [1.807, 2.05) is 0 Å². The van der Waals surface area contributed by atoms with Crippen LogP contribution in [0.5, 0.6) is 0 Å². The lowest BCUT2D eigenvalue weighted by atomic mass is 9.66. The second-order valence-electron chi connectivity index (χ2n) is 11.7. The summed E-state index contributed by atoms with van der Waals surface area (Å²) < 4.78 is 21.7. The van der Waals surface area contributed by atoms with Gasteiger partial charge < -0.3 is 4.52 Å². The van der Waals surface area contributed by atoms with Crippen molar-refractivity contribution in [3.63, 3.8) is 0 Å². The smallest absolute Gasteiger partial charge is 0.309 e. The fraction of sp³-hybridized carbons (Fsp3) is 0.333. The molecular formula is C36H39O3P. The molecule has 1 aliphatic carbocycles. The Hall–Kier alpha value is -2.81. The van der Waals surface area contributed by atoms with Gasteiger partial charge in [-0.2, -0.15) is 0 Å². The van der Waals surface area contributed by atoms with Gasteiger partial charge in [-0.25, -0.2) is 0 Å². The topological polar surface area (TPSA) is 27.7 Å². The maximum atomic E-state index is 7.33. The molecule has 0 radical (unpaired) electrons. The van der Waals surface area contributed by atoms with Crippen LogP contribution in [0.1, 0.15) is 62.3 Å². The van der Waals surface area contributed by atoms with Crippen LogP contribution in [0.25, 0.3) is 0 Å². The van der Waals surface area contributed by atoms with E-state index in [2.05, 4.69) is 142 Å². The Labute approximate surface area is 240 Å². The summed E-state index contributed by atoms with van der Waals surface area (Å²) in [5.41, 5.74) is 2.22. The molecule has 0 aromatic heterocycles. The van der Waals surface area contributed by atoms with Gasteiger partial charge in [0.2, 0.25) is 0 Å². The van der Waals surface area contributed by atoms with Crippen LogP contribution in [0.3, 0.4) is 0 Å². The number of hydrogen-bond donors (Lipinski definition) is 0. The molecule has 206 valence electrons. The molecule has 4 aromatic carbocycles. The zero-order chi connectivity index (χ0) is 27.6. The lowest BCUT2D eigenvalue weighted by Gasteiger charge is -2.43. The number of rotatable bonds is 7. The van der Waals surface area contributed by atoms with E-state index in [9.17, 15) is 0 Å². The molecule has 4 aromatic rings. The summed E-state index contributed by atoms with van der Waals surface area (Å²) in [5, 5.41) is 0. The van der Waals surface area contributed by atoms with Crippen molar-refractivity contribution in [1.82, 2.24) is 0 Å². The summed E-state index contributed by atoms with van der Waals surface area (Å²) in [4.78, 5) is 0. The first-order chi connectivity index (χ1) is 19.5. The van der Waals surface area contributed by atoms with Crippen LogP contribution in [-0.4, -0.2) is 6.10 Å². The van der Waals surface area contributed by atoms with E-state index in [1.54, 1.807) is 0 Å². The lowest BCUT2D eigenvalue weighted by Crippen LogP contribution is -2.48. The second kappa shape index (κ2) is 11.6. The highest BCUT2D eigenvalue weighted by atomic mass is 31.2. The van der Waals surface area contributed by atoms with E-state index in [4.69, 9.17) is 13.6 Å². The van der Waals surface area contributed by atoms with Gasteiger partial charge in [-0.3, -0.25) is 9.05 Å². The van der Waals surface area contributed by atoms with Crippen molar-refractivity contribution in [2.45, 2.75) is 57.3 Å². The van der Waals surface area contributed by atoms with Crippen molar-refractivity contribution in [3.8, 4) is 0 Å². The van der Waals surface area contributed by atoms with Crippen LogP contribution in [0.4, 0.5) is 0 Å². The Morgan fingerprint density at radius 2 is 1.00 bits per heavy atom. The summed E-state index contributed by atoms with van der Waals surface area (Å²) in [6.07, 6.45) is 3.55. The third-order valence-electron chi connectivity index (χ3n) is 8.82. The predicted octanol–water partition coefficient (Wildman–Crippen LogP) is 9.63. The number of hydrogen-bond acceptors (Lipinski definition) is 3. The van der Waals surface area contributed by atoms with E-state index in [0.29, 0.717) is 17.8 Å². The molecule has 2 fully saturated rings. The van der Waals surface area contributed by atoms with E-state index < -0.39 is 19.8 Å². The monoisotopic (exact) mass is 550 g/mol. The van der Waals surface area contributed by atoms with Gasteiger partial charge in [0.05, 0.1) is 6.10 Å². The summed E-state index contributed by atoms with van der Waals surface area (Å²) in [6.45, 7) is 6.97. The first-order valence-electron chi connectivity index (χ1n) is 14.6. The van der Waals surface area contributed by atoms with Crippen molar-refractivity contribution in [1.29, 1.82) is 0 Å². The Morgan fingerprint density at radius 3 is 1.35 bits per heavy atom. The van der Waals surface area contributed by atoms with Crippen LogP contribution in [0.15, 0.2) is 121 Å². The van der Waals surface area contributed by atoms with Gasteiger partial charge in [0, 0.05) is 0 Å². The average molecular weight is 551 g/mol. The zero-order valence-corrected chi connectivity index (χ0v) is 24.5. The van der Waals surface area contributed by atoms with Crippen LogP contribution in [0, 0.1) is 17.8 Å². The zero-order valence-electron chi connectivity index (χ0n) is 23.6. The quantitative estimate of drug-likeness (QED) is 0.214. The third-order valence-corrected chi connectivity index (χ3v) is 10.1. The Morgan fingerprint density at radius 1 is 0.625 bits per heavy atom. The van der Waals surface area contributed by atoms with Crippen molar-refractivity contribution < 1.29 is 13.6 Å². The SMILES string of the molecule is CC1CCC(C(C)C)C(OP2OC(c3ccccc3)(c3ccccc3)C(c3ccccc3)(c3ccccc3)O2)C1. The van der Waals surface area contributed by atoms with Gasteiger partial charge >= 0.3 is 8.60 Å². The fourth-order valence-corrected chi connectivity index (χ4v) is 8.52. The van der Waals surface area contributed by atoms with Crippen molar-refractivity contribution in [2.75, 3.05) is 0 Å². The molecule has 40 heavy (non-hydrogen) atoms. The molecule has 6 rings (SSSR count). The molecule has 1 heterocycles. The minimum absolute atomic E-state index is 0.0986. The third kappa shape index (κ3) is 4.74. The van der Waals surface area contributed by atoms with E-state index >= 15 is 0 Å². The fourth-order valence-electron chi connectivity index (χ4n) is 6.81. The maximum absolute atomic E-state index is 7.33. The first kappa shape index (κ1) is 27.4. The van der Waals surface area contributed by atoms with E-state index in [1.165, 1.54) is 12.8 Å². The molecule has 3 nitrogen and oxygen atoms in total. The molecule has 3 unspecified atom stereocenters. The Balaban J connectivity index is 1.59. The normalized spacial score (nSPS) is 24.2. The molecular weight excluding hydrogens is 511 g/mol. The lowest BCUT2D eigenvalue weighted by molar-refractivity contribution is 0.00370. The minimum Gasteiger partial charge on any atom is -0.309 e. The Kier molecular flexibility index (Phi) is 7.93. The van der Waals surface area contributed by atoms with Crippen molar-refractivity contribution in [3.05, 3.63) is 144 Å². The highest BCUT2D eigenvalue weighted by molar-refractivity contribution is 7.42. The van der Waals surface area contributed by atoms with Crippen LogP contribution in [-0.2, 0) is 24.8 Å². The van der Waals surface area contributed by atoms with Crippen molar-refractivity contribution >= 4 is 8.60 Å². The van der Waals surface area contributed by atoms with Gasteiger partial charge in [-0.1, -0.05) is 149 Å². The maximum Gasteiger partial charge on any atom is 0.335 e. The Bertz CT molecular complexity index is 1190. The minimum atomic E-state index is -1.71. The molecule has 3 atom stereocenters. The molecule has 0 bridgehead atoms. The van der Waals surface area contributed by atoms with Crippen molar-refractivity contribution in [2.24, 2.45) is 17.8 Å². The highest BCUT2D eigenvalue weighted by Gasteiger charge is 2.66. The van der Waals surface area contributed by atoms with Gasteiger partial charge in [0.25, 0.3) is 0 Å². The van der Waals surface area contributed by atoms with E-state index in [0.717, 1.165) is 28.7 Å². The molecule has 4 heteroatoms. The predicted molar refractivity (Wildman–Crippen MR) is 163 cm³/mol. The molecule has 0 spiro atoms. The van der Waals surface area contributed by atoms with E-state index in [-0.39, 0.29) is 6.10 Å². The van der Waals surface area contributed by atoms with Crippen LogP contribution < -0.4 is 0 Å². The summed E-state index contributed by atoms with van der Waals surface area (Å²) in [7, 11) is -1.71. The summed E-state index contributed by atoms with van der Waals surface area (Å²) in [6, 6.07) is 42.2. The summed E-state index contributed by atoms with van der Waals surface area (Å²) >= 11 is 0. The highest BCUT2D eigenvalue weighted by Crippen LogP contribution is 2.71. The van der Waals surface area contributed by atoms with Gasteiger partial charge in [-0.15, -0.1) is 0 Å². The second-order valence-corrected chi connectivity index (χ2v) is 12.7. The van der Waals surface area contributed by atoms with Gasteiger partial charge in [0.1, 0.15) is 0 Å². The standard InChI is InChI=1S/C36H39O3P/c1-27(2)33-25-24-28(3)26-34(33)37-40-38-35(29-16-8-4-9-17-29,30-18-10-5-11-19-30)36(39-40,31-20-12-6-13-21-31)32-22-14-7-15-23-32/h4-23,27-28,33-34H,24-26H2,1-3H3. The number of benzene rings is 4. The molecule has 0 amide bonds. The molecule has 1 saturated heterocycles. The van der Waals surface area contributed by atoms with Crippen LogP contribution >= 0.6 is 8.60 Å². The molecule has 1 saturated carbocycles. The molecule has 1 aliphatic heterocycles. The molecule has 0 N–H and O–H groups in total. The first-order valence-corrected chi connectivity index (χ1v) is 15.7. The van der Waals surface area contributed by atoms with Gasteiger partial charge in [0.15, 0.2) is 11.2 Å².